The zero-order valence-corrected chi connectivity index (χ0v) is 17.8. The third kappa shape index (κ3) is 3.27. The van der Waals surface area contributed by atoms with Crippen molar-refractivity contribution in [3.63, 3.8) is 0 Å². The van der Waals surface area contributed by atoms with Crippen LogP contribution in [0.5, 0.6) is 5.75 Å². The molecule has 1 unspecified atom stereocenters. The Bertz CT molecular complexity index is 1230. The van der Waals surface area contributed by atoms with Gasteiger partial charge in [-0.1, -0.05) is 30.3 Å². The van der Waals surface area contributed by atoms with Crippen molar-refractivity contribution in [1.82, 2.24) is 15.3 Å². The van der Waals surface area contributed by atoms with Crippen LogP contribution in [0.1, 0.15) is 44.8 Å². The van der Waals surface area contributed by atoms with E-state index in [-0.39, 0.29) is 11.9 Å². The quantitative estimate of drug-likeness (QED) is 0.466. The molecule has 0 fully saturated rings. The van der Waals surface area contributed by atoms with E-state index in [0.717, 1.165) is 52.5 Å². The molecule has 0 radical (unpaired) electrons. The molecule has 30 heavy (non-hydrogen) atoms. The number of rotatable bonds is 4. The van der Waals surface area contributed by atoms with Crippen LogP contribution in [0.3, 0.4) is 0 Å². The third-order valence-electron chi connectivity index (χ3n) is 5.71. The first-order valence-electron chi connectivity index (χ1n) is 10.2. The van der Waals surface area contributed by atoms with E-state index < -0.39 is 0 Å². The van der Waals surface area contributed by atoms with Crippen LogP contribution >= 0.6 is 11.3 Å². The number of aromatic amines is 1. The van der Waals surface area contributed by atoms with Crippen LogP contribution < -0.4 is 10.1 Å². The number of amides is 1. The number of H-pyrrole nitrogens is 1. The maximum absolute atomic E-state index is 13.3. The summed E-state index contributed by atoms with van der Waals surface area (Å²) < 4.78 is 5.40. The molecule has 1 amide bonds. The van der Waals surface area contributed by atoms with Crippen LogP contribution in [0.15, 0.2) is 48.5 Å². The van der Waals surface area contributed by atoms with Crippen LogP contribution in [0, 0.1) is 6.92 Å². The highest BCUT2D eigenvalue weighted by molar-refractivity contribution is 7.14. The van der Waals surface area contributed by atoms with Gasteiger partial charge in [-0.15, -0.1) is 11.3 Å². The molecule has 1 aliphatic carbocycles. The second kappa shape index (κ2) is 7.61. The molecule has 6 heteroatoms. The normalized spacial score (nSPS) is 15.7. The molecule has 0 aliphatic heterocycles. The molecule has 4 aromatic rings. The predicted octanol–water partition coefficient (Wildman–Crippen LogP) is 5.42. The van der Waals surface area contributed by atoms with Gasteiger partial charge in [-0.05, 0) is 49.9 Å². The van der Waals surface area contributed by atoms with E-state index in [9.17, 15) is 4.79 Å². The fourth-order valence-corrected chi connectivity index (χ4v) is 5.15. The van der Waals surface area contributed by atoms with E-state index in [2.05, 4.69) is 21.4 Å². The molecule has 2 aromatic heterocycles. The lowest BCUT2D eigenvalue weighted by Gasteiger charge is -2.23. The van der Waals surface area contributed by atoms with Crippen molar-refractivity contribution in [1.29, 1.82) is 0 Å². The van der Waals surface area contributed by atoms with Gasteiger partial charge in [0.15, 0.2) is 0 Å². The Labute approximate surface area is 179 Å². The highest BCUT2D eigenvalue weighted by Gasteiger charge is 2.28. The number of carbonyl (C=O) groups excluding carboxylic acids is 1. The molecule has 0 bridgehead atoms. The summed E-state index contributed by atoms with van der Waals surface area (Å²) in [6.45, 7) is 1.94. The Morgan fingerprint density at radius 2 is 2.07 bits per heavy atom. The van der Waals surface area contributed by atoms with E-state index >= 15 is 0 Å². The van der Waals surface area contributed by atoms with Crippen molar-refractivity contribution in [3.8, 4) is 17.0 Å². The molecule has 0 spiro atoms. The van der Waals surface area contributed by atoms with Crippen molar-refractivity contribution in [2.75, 3.05) is 7.11 Å². The minimum atomic E-state index is -0.0615. The Morgan fingerprint density at radius 1 is 1.23 bits per heavy atom. The van der Waals surface area contributed by atoms with Crippen LogP contribution in [-0.4, -0.2) is 23.0 Å². The first-order valence-corrected chi connectivity index (χ1v) is 11.0. The van der Waals surface area contributed by atoms with Gasteiger partial charge in [-0.25, -0.2) is 4.98 Å². The molecular formula is C24H23N3O2S. The van der Waals surface area contributed by atoms with Crippen molar-refractivity contribution in [3.05, 3.63) is 69.7 Å². The minimum absolute atomic E-state index is 0.0364. The molecule has 1 aliphatic rings. The highest BCUT2D eigenvalue weighted by atomic mass is 32.1. The second-order valence-electron chi connectivity index (χ2n) is 7.62. The maximum Gasteiger partial charge on any atom is 0.264 e. The minimum Gasteiger partial charge on any atom is -0.497 e. The molecule has 0 saturated carbocycles. The molecule has 2 heterocycles. The molecule has 0 saturated heterocycles. The van der Waals surface area contributed by atoms with Crippen molar-refractivity contribution in [2.24, 2.45) is 0 Å². The van der Waals surface area contributed by atoms with Gasteiger partial charge >= 0.3 is 0 Å². The van der Waals surface area contributed by atoms with Crippen molar-refractivity contribution < 1.29 is 9.53 Å². The fraction of sp³-hybridized carbons (Fsp3) is 0.250. The SMILES string of the molecule is COc1ccc2[nH]c3c(c2c1)CCCC3NC(=O)c1sc(C)nc1-c1ccccc1. The largest absolute Gasteiger partial charge is 0.497 e. The molecule has 5 rings (SSSR count). The van der Waals surface area contributed by atoms with E-state index in [1.807, 2.05) is 49.4 Å². The smallest absolute Gasteiger partial charge is 0.264 e. The van der Waals surface area contributed by atoms with Gasteiger partial charge in [0.05, 0.1) is 23.9 Å². The summed E-state index contributed by atoms with van der Waals surface area (Å²) in [5, 5.41) is 5.35. The Hall–Kier alpha value is -3.12. The lowest BCUT2D eigenvalue weighted by molar-refractivity contribution is 0.0936. The number of hydrogen-bond donors (Lipinski definition) is 2. The number of methoxy groups -OCH3 is 1. The lowest BCUT2D eigenvalue weighted by atomic mass is 9.91. The topological polar surface area (TPSA) is 67.0 Å². The third-order valence-corrected chi connectivity index (χ3v) is 6.68. The Kier molecular flexibility index (Phi) is 4.79. The van der Waals surface area contributed by atoms with Gasteiger partial charge in [0.1, 0.15) is 10.6 Å². The van der Waals surface area contributed by atoms with Gasteiger partial charge < -0.3 is 15.0 Å². The molecule has 2 aromatic carbocycles. The van der Waals surface area contributed by atoms with Crippen molar-refractivity contribution >= 4 is 28.1 Å². The highest BCUT2D eigenvalue weighted by Crippen LogP contribution is 2.37. The van der Waals surface area contributed by atoms with E-state index in [1.54, 1.807) is 7.11 Å². The van der Waals surface area contributed by atoms with Crippen LogP contribution in [-0.2, 0) is 6.42 Å². The van der Waals surface area contributed by atoms with Gasteiger partial charge in [-0.3, -0.25) is 4.79 Å². The summed E-state index contributed by atoms with van der Waals surface area (Å²) in [5.41, 5.74) is 5.20. The molecule has 152 valence electrons. The zero-order valence-electron chi connectivity index (χ0n) is 17.0. The van der Waals surface area contributed by atoms with Gasteiger partial charge in [0.2, 0.25) is 0 Å². The fourth-order valence-electron chi connectivity index (χ4n) is 4.31. The number of benzene rings is 2. The number of hydrogen-bond acceptors (Lipinski definition) is 4. The molecule has 2 N–H and O–H groups in total. The van der Waals surface area contributed by atoms with Crippen molar-refractivity contribution in [2.45, 2.75) is 32.2 Å². The number of fused-ring (bicyclic) bond motifs is 3. The van der Waals surface area contributed by atoms with E-state index in [4.69, 9.17) is 4.74 Å². The number of aromatic nitrogens is 2. The predicted molar refractivity (Wildman–Crippen MR) is 120 cm³/mol. The summed E-state index contributed by atoms with van der Waals surface area (Å²) in [4.78, 5) is 22.1. The van der Waals surface area contributed by atoms with Crippen LogP contribution in [0.4, 0.5) is 0 Å². The first kappa shape index (κ1) is 18.9. The second-order valence-corrected chi connectivity index (χ2v) is 8.83. The average Bonchev–Trinajstić information content (AvgIpc) is 3.35. The number of carbonyl (C=O) groups is 1. The monoisotopic (exact) mass is 417 g/mol. The Balaban J connectivity index is 1.48. The molecular weight excluding hydrogens is 394 g/mol. The maximum atomic E-state index is 13.3. The average molecular weight is 418 g/mol. The number of nitrogens with one attached hydrogen (secondary N) is 2. The molecule has 1 atom stereocenters. The van der Waals surface area contributed by atoms with Gasteiger partial charge in [-0.2, -0.15) is 0 Å². The standard InChI is InChI=1S/C24H23N3O2S/c1-14-25-21(15-7-4-3-5-8-15)23(30-14)24(28)27-20-10-6-9-17-18-13-16(29-2)11-12-19(18)26-22(17)20/h3-5,7-8,11-13,20,26H,6,9-10H2,1-2H3,(H,27,28). The number of nitrogens with zero attached hydrogens (tertiary/aromatic N) is 1. The van der Waals surface area contributed by atoms with Gasteiger partial charge in [0.25, 0.3) is 5.91 Å². The lowest BCUT2D eigenvalue weighted by Crippen LogP contribution is -2.30. The first-order chi connectivity index (χ1) is 14.6. The number of aryl methyl sites for hydroxylation is 2. The van der Waals surface area contributed by atoms with Crippen LogP contribution in [0.25, 0.3) is 22.2 Å². The van der Waals surface area contributed by atoms with Gasteiger partial charge in [0, 0.05) is 22.2 Å². The van der Waals surface area contributed by atoms with Crippen LogP contribution in [0.2, 0.25) is 0 Å². The summed E-state index contributed by atoms with van der Waals surface area (Å²) >= 11 is 1.45. The summed E-state index contributed by atoms with van der Waals surface area (Å²) in [6, 6.07) is 16.0. The number of ether oxygens (including phenoxy) is 1. The Morgan fingerprint density at radius 3 is 2.87 bits per heavy atom. The summed E-state index contributed by atoms with van der Waals surface area (Å²) in [7, 11) is 1.69. The van der Waals surface area contributed by atoms with E-state index in [1.165, 1.54) is 22.3 Å². The zero-order chi connectivity index (χ0) is 20.7. The molecule has 5 nitrogen and oxygen atoms in total. The summed E-state index contributed by atoms with van der Waals surface area (Å²) in [6.07, 6.45) is 2.96. The van der Waals surface area contributed by atoms with E-state index in [0.29, 0.717) is 4.88 Å². The summed E-state index contributed by atoms with van der Waals surface area (Å²) in [5.74, 6) is 0.789. The number of thiazole rings is 1.